The molecule has 0 aliphatic heterocycles. The van der Waals surface area contributed by atoms with Crippen molar-refractivity contribution in [3.63, 3.8) is 0 Å². The summed E-state index contributed by atoms with van der Waals surface area (Å²) in [6, 6.07) is 1.51. The van der Waals surface area contributed by atoms with Gasteiger partial charge in [0.05, 0.1) is 0 Å². The lowest BCUT2D eigenvalue weighted by Gasteiger charge is -2.17. The molecule has 1 nitrogen and oxygen atoms in total. The first-order valence-corrected chi connectivity index (χ1v) is 8.05. The van der Waals surface area contributed by atoms with Crippen molar-refractivity contribution in [2.45, 2.75) is 39.4 Å². The molecule has 11 heavy (non-hydrogen) atoms. The average Bonchev–Trinajstić information content (AvgIpc) is 1.98. The normalized spacial score (nSPS) is 11.5. The van der Waals surface area contributed by atoms with Gasteiger partial charge in [-0.25, -0.2) is 0 Å². The largest absolute Gasteiger partial charge is 0.304 e. The molecule has 0 saturated carbocycles. The van der Waals surface area contributed by atoms with Crippen LogP contribution in [0.3, 0.4) is 0 Å². The Bertz CT molecular complexity index is 79.6. The van der Waals surface area contributed by atoms with Crippen LogP contribution in [-0.2, 0) is 0 Å². The van der Waals surface area contributed by atoms with Gasteiger partial charge in [0.25, 0.3) is 0 Å². The van der Waals surface area contributed by atoms with Gasteiger partial charge in [0.15, 0.2) is 0 Å². The van der Waals surface area contributed by atoms with Gasteiger partial charge in [-0.15, -0.1) is 0 Å². The van der Waals surface area contributed by atoms with Crippen molar-refractivity contribution in [2.24, 2.45) is 0 Å². The Morgan fingerprint density at radius 1 is 1.09 bits per heavy atom. The van der Waals surface area contributed by atoms with Crippen molar-refractivity contribution in [2.75, 3.05) is 19.6 Å². The van der Waals surface area contributed by atoms with E-state index in [1.165, 1.54) is 32.1 Å². The lowest BCUT2D eigenvalue weighted by molar-refractivity contribution is 0.304. The maximum absolute atomic E-state index is 2.51. The Kier molecular flexibility index (Phi) is 6.97. The summed E-state index contributed by atoms with van der Waals surface area (Å²) in [5, 5.41) is 0. The van der Waals surface area contributed by atoms with Crippen LogP contribution in [0.25, 0.3) is 0 Å². The third kappa shape index (κ3) is 6.57. The molecule has 0 heterocycles. The molecular formula is C9H23NSi. The maximum atomic E-state index is 2.51. The van der Waals surface area contributed by atoms with Crippen LogP contribution in [0.5, 0.6) is 0 Å². The Hall–Kier alpha value is 0.177. The molecule has 68 valence electrons. The second-order valence-electron chi connectivity index (χ2n) is 3.56. The molecule has 0 saturated heterocycles. The van der Waals surface area contributed by atoms with Gasteiger partial charge in [-0.3, -0.25) is 0 Å². The van der Waals surface area contributed by atoms with Crippen molar-refractivity contribution in [1.29, 1.82) is 0 Å². The van der Waals surface area contributed by atoms with Crippen LogP contribution in [0.2, 0.25) is 19.1 Å². The van der Waals surface area contributed by atoms with E-state index in [1.807, 2.05) is 0 Å². The van der Waals surface area contributed by atoms with Crippen molar-refractivity contribution >= 4 is 8.80 Å². The van der Waals surface area contributed by atoms with Gasteiger partial charge in [0.1, 0.15) is 0 Å². The molecule has 0 aliphatic rings. The molecule has 0 unspecified atom stereocenters. The summed E-state index contributed by atoms with van der Waals surface area (Å²) in [6.07, 6.45) is 1.42. The van der Waals surface area contributed by atoms with E-state index in [4.69, 9.17) is 0 Å². The minimum absolute atomic E-state index is 0.278. The van der Waals surface area contributed by atoms with Crippen LogP contribution in [0.15, 0.2) is 0 Å². The smallest absolute Gasteiger partial charge is 0.0306 e. The van der Waals surface area contributed by atoms with Crippen molar-refractivity contribution in [1.82, 2.24) is 4.90 Å². The first-order chi connectivity index (χ1) is 5.20. The number of hydrogen-bond acceptors (Lipinski definition) is 1. The van der Waals surface area contributed by atoms with Crippen LogP contribution < -0.4 is 0 Å². The molecule has 0 spiro atoms. The third-order valence-corrected chi connectivity index (χ3v) is 3.71. The Morgan fingerprint density at radius 3 is 2.00 bits per heavy atom. The molecule has 0 aromatic heterocycles. The van der Waals surface area contributed by atoms with E-state index in [2.05, 4.69) is 31.8 Å². The zero-order chi connectivity index (χ0) is 8.69. The molecule has 2 heteroatoms. The summed E-state index contributed by atoms with van der Waals surface area (Å²) in [6.45, 7) is 13.1. The second-order valence-corrected chi connectivity index (χ2v) is 6.93. The standard InChI is InChI=1S/C9H23NSi/c1-5-10(6-2)8-7-9-11(3)4/h11H,5-9H2,1-4H3. The van der Waals surface area contributed by atoms with E-state index in [1.54, 1.807) is 0 Å². The molecule has 0 rings (SSSR count). The predicted octanol–water partition coefficient (Wildman–Crippen LogP) is 2.21. The Morgan fingerprint density at radius 2 is 1.64 bits per heavy atom. The van der Waals surface area contributed by atoms with Crippen LogP contribution in [-0.4, -0.2) is 33.3 Å². The molecule has 0 bridgehead atoms. The molecule has 0 radical (unpaired) electrons. The van der Waals surface area contributed by atoms with Gasteiger partial charge in [-0.05, 0) is 26.1 Å². The van der Waals surface area contributed by atoms with Gasteiger partial charge in [-0.2, -0.15) is 0 Å². The fourth-order valence-electron chi connectivity index (χ4n) is 1.26. The molecule has 0 aromatic rings. The molecule has 0 aliphatic carbocycles. The topological polar surface area (TPSA) is 3.24 Å². The monoisotopic (exact) mass is 173 g/mol. The lowest BCUT2D eigenvalue weighted by Crippen LogP contribution is -2.24. The highest BCUT2D eigenvalue weighted by molar-refractivity contribution is 6.55. The summed E-state index contributed by atoms with van der Waals surface area (Å²) in [5.41, 5.74) is 0. The summed E-state index contributed by atoms with van der Waals surface area (Å²) >= 11 is 0. The Labute approximate surface area is 73.4 Å². The van der Waals surface area contributed by atoms with E-state index >= 15 is 0 Å². The number of hydrogen-bond donors (Lipinski definition) is 0. The summed E-state index contributed by atoms with van der Waals surface area (Å²) in [5.74, 6) is 0. The van der Waals surface area contributed by atoms with Crippen molar-refractivity contribution in [3.05, 3.63) is 0 Å². The van der Waals surface area contributed by atoms with Gasteiger partial charge >= 0.3 is 0 Å². The predicted molar refractivity (Wildman–Crippen MR) is 56.1 cm³/mol. The molecule has 0 N–H and O–H groups in total. The van der Waals surface area contributed by atoms with Crippen molar-refractivity contribution in [3.8, 4) is 0 Å². The van der Waals surface area contributed by atoms with Crippen molar-refractivity contribution < 1.29 is 0 Å². The maximum Gasteiger partial charge on any atom is 0.0306 e. The van der Waals surface area contributed by atoms with Crippen LogP contribution in [0.4, 0.5) is 0 Å². The highest BCUT2D eigenvalue weighted by Gasteiger charge is 1.99. The van der Waals surface area contributed by atoms with Gasteiger partial charge < -0.3 is 4.90 Å². The van der Waals surface area contributed by atoms with E-state index in [0.717, 1.165) is 0 Å². The van der Waals surface area contributed by atoms with Crippen LogP contribution in [0.1, 0.15) is 20.3 Å². The van der Waals surface area contributed by atoms with E-state index in [0.29, 0.717) is 0 Å². The quantitative estimate of drug-likeness (QED) is 0.557. The van der Waals surface area contributed by atoms with Gasteiger partial charge in [0.2, 0.25) is 0 Å². The summed E-state index contributed by atoms with van der Waals surface area (Å²) in [7, 11) is -0.278. The van der Waals surface area contributed by atoms with Crippen LogP contribution >= 0.6 is 0 Å². The lowest BCUT2D eigenvalue weighted by atomic mass is 10.4. The van der Waals surface area contributed by atoms with Gasteiger partial charge in [-0.1, -0.05) is 33.0 Å². The molecule has 0 fully saturated rings. The number of rotatable bonds is 6. The molecule has 0 aromatic carbocycles. The zero-order valence-electron chi connectivity index (χ0n) is 8.56. The summed E-state index contributed by atoms with van der Waals surface area (Å²) < 4.78 is 0. The fraction of sp³-hybridized carbons (Fsp3) is 1.00. The van der Waals surface area contributed by atoms with Gasteiger partial charge in [0, 0.05) is 8.80 Å². The highest BCUT2D eigenvalue weighted by Crippen LogP contribution is 1.99. The summed E-state index contributed by atoms with van der Waals surface area (Å²) in [4.78, 5) is 2.51. The van der Waals surface area contributed by atoms with Crippen LogP contribution in [0, 0.1) is 0 Å². The van der Waals surface area contributed by atoms with E-state index in [-0.39, 0.29) is 8.80 Å². The molecule has 0 amide bonds. The first-order valence-electron chi connectivity index (χ1n) is 4.93. The minimum atomic E-state index is -0.278. The Balaban J connectivity index is 3.21. The number of nitrogens with zero attached hydrogens (tertiary/aromatic N) is 1. The van der Waals surface area contributed by atoms with E-state index in [9.17, 15) is 0 Å². The SMILES string of the molecule is CCN(CC)CCC[SiH](C)C. The highest BCUT2D eigenvalue weighted by atomic mass is 28.3. The minimum Gasteiger partial charge on any atom is -0.304 e. The first kappa shape index (κ1) is 11.2. The molecule has 0 atom stereocenters. The fourth-order valence-corrected chi connectivity index (χ4v) is 2.26. The average molecular weight is 173 g/mol. The second kappa shape index (κ2) is 6.86. The third-order valence-electron chi connectivity index (χ3n) is 2.15. The van der Waals surface area contributed by atoms with E-state index < -0.39 is 0 Å². The zero-order valence-corrected chi connectivity index (χ0v) is 9.71. The molecular weight excluding hydrogens is 150 g/mol.